The fourth-order valence-corrected chi connectivity index (χ4v) is 2.39. The maximum absolute atomic E-state index is 12.3. The van der Waals surface area contributed by atoms with Crippen LogP contribution in [-0.2, 0) is 4.79 Å². The van der Waals surface area contributed by atoms with Gasteiger partial charge in [0.05, 0.1) is 0 Å². The van der Waals surface area contributed by atoms with E-state index in [1.165, 1.54) is 0 Å². The minimum absolute atomic E-state index is 0.0105. The average Bonchev–Trinajstić information content (AvgIpc) is 2.64. The Morgan fingerprint density at radius 1 is 1.00 bits per heavy atom. The van der Waals surface area contributed by atoms with Crippen LogP contribution in [0.5, 0.6) is 5.75 Å². The number of nitrogens with zero attached hydrogens (tertiary/aromatic N) is 1. The van der Waals surface area contributed by atoms with Crippen LogP contribution in [0.2, 0.25) is 0 Å². The van der Waals surface area contributed by atoms with Gasteiger partial charge in [-0.05, 0) is 57.2 Å². The van der Waals surface area contributed by atoms with Crippen molar-refractivity contribution in [3.63, 3.8) is 0 Å². The third-order valence-electron chi connectivity index (χ3n) is 3.88. The lowest BCUT2D eigenvalue weighted by Crippen LogP contribution is -2.31. The molecule has 0 aliphatic rings. The van der Waals surface area contributed by atoms with Gasteiger partial charge in [-0.3, -0.25) is 9.59 Å². The highest BCUT2D eigenvalue weighted by Crippen LogP contribution is 2.14. The van der Waals surface area contributed by atoms with Crippen molar-refractivity contribution < 1.29 is 14.3 Å². The van der Waals surface area contributed by atoms with E-state index >= 15 is 0 Å². The second-order valence-electron chi connectivity index (χ2n) is 5.62. The molecule has 0 radical (unpaired) electrons. The fourth-order valence-electron chi connectivity index (χ4n) is 2.39. The van der Waals surface area contributed by atoms with Crippen molar-refractivity contribution >= 4 is 17.5 Å². The molecule has 0 bridgehead atoms. The lowest BCUT2D eigenvalue weighted by atomic mass is 10.1. The van der Waals surface area contributed by atoms with Gasteiger partial charge in [-0.15, -0.1) is 0 Å². The topological polar surface area (TPSA) is 58.6 Å². The molecule has 0 spiro atoms. The molecule has 2 aromatic rings. The number of hydrogen-bond donors (Lipinski definition) is 1. The molecule has 0 saturated heterocycles. The molecule has 2 rings (SSSR count). The Labute approximate surface area is 148 Å². The number of rotatable bonds is 7. The van der Waals surface area contributed by atoms with Crippen molar-refractivity contribution in [3.8, 4) is 5.75 Å². The van der Waals surface area contributed by atoms with Crippen LogP contribution in [0.1, 0.15) is 31.1 Å². The Kier molecular flexibility index (Phi) is 6.57. The highest BCUT2D eigenvalue weighted by atomic mass is 16.5. The number of hydrogen-bond acceptors (Lipinski definition) is 3. The van der Waals surface area contributed by atoms with E-state index in [9.17, 15) is 9.59 Å². The van der Waals surface area contributed by atoms with Crippen LogP contribution in [-0.4, -0.2) is 35.9 Å². The fraction of sp³-hybridized carbons (Fsp3) is 0.300. The molecule has 25 heavy (non-hydrogen) atoms. The van der Waals surface area contributed by atoms with Crippen molar-refractivity contribution in [3.05, 3.63) is 60.2 Å². The average molecular weight is 340 g/mol. The van der Waals surface area contributed by atoms with E-state index in [-0.39, 0.29) is 11.8 Å². The van der Waals surface area contributed by atoms with E-state index < -0.39 is 6.10 Å². The second-order valence-corrected chi connectivity index (χ2v) is 5.62. The summed E-state index contributed by atoms with van der Waals surface area (Å²) in [6, 6.07) is 16.1. The molecular formula is C20H24N2O3. The summed E-state index contributed by atoms with van der Waals surface area (Å²) in [6.45, 7) is 6.93. The van der Waals surface area contributed by atoms with Gasteiger partial charge in [-0.1, -0.05) is 18.2 Å². The molecular weight excluding hydrogens is 316 g/mol. The highest BCUT2D eigenvalue weighted by molar-refractivity contribution is 5.96. The molecule has 0 heterocycles. The van der Waals surface area contributed by atoms with Crippen LogP contribution >= 0.6 is 0 Å². The summed E-state index contributed by atoms with van der Waals surface area (Å²) in [5, 5.41) is 2.80. The third-order valence-corrected chi connectivity index (χ3v) is 3.88. The first-order chi connectivity index (χ1) is 12.0. The smallest absolute Gasteiger partial charge is 0.265 e. The van der Waals surface area contributed by atoms with Gasteiger partial charge in [0.25, 0.3) is 11.8 Å². The number of ether oxygens (including phenoxy) is 1. The summed E-state index contributed by atoms with van der Waals surface area (Å²) in [6.07, 6.45) is -0.626. The van der Waals surface area contributed by atoms with E-state index in [4.69, 9.17) is 4.74 Å². The van der Waals surface area contributed by atoms with Crippen LogP contribution in [0.25, 0.3) is 0 Å². The number of nitrogens with one attached hydrogen (secondary N) is 1. The number of amides is 2. The molecule has 132 valence electrons. The van der Waals surface area contributed by atoms with E-state index in [0.29, 0.717) is 30.1 Å². The number of para-hydroxylation sites is 1. The standard InChI is InChI=1S/C20H24N2O3/c1-4-22(5-2)20(24)16-11-13-17(14-12-16)21-19(23)15(3)25-18-9-7-6-8-10-18/h6-15H,4-5H2,1-3H3,(H,21,23). The zero-order valence-corrected chi connectivity index (χ0v) is 14.9. The molecule has 5 heteroatoms. The molecule has 2 amide bonds. The number of anilines is 1. The Bertz CT molecular complexity index is 695. The van der Waals surface area contributed by atoms with Crippen molar-refractivity contribution in [1.82, 2.24) is 4.90 Å². The van der Waals surface area contributed by atoms with Crippen molar-refractivity contribution in [1.29, 1.82) is 0 Å². The molecule has 0 aromatic heterocycles. The maximum Gasteiger partial charge on any atom is 0.265 e. The first-order valence-electron chi connectivity index (χ1n) is 8.47. The molecule has 5 nitrogen and oxygen atoms in total. The van der Waals surface area contributed by atoms with Crippen LogP contribution in [0.3, 0.4) is 0 Å². The lowest BCUT2D eigenvalue weighted by molar-refractivity contribution is -0.122. The monoisotopic (exact) mass is 340 g/mol. The first kappa shape index (κ1) is 18.5. The third kappa shape index (κ3) is 5.08. The summed E-state index contributed by atoms with van der Waals surface area (Å²) in [7, 11) is 0. The maximum atomic E-state index is 12.3. The zero-order chi connectivity index (χ0) is 18.2. The van der Waals surface area contributed by atoms with Crippen LogP contribution in [0, 0.1) is 0 Å². The summed E-state index contributed by atoms with van der Waals surface area (Å²) in [4.78, 5) is 26.2. The van der Waals surface area contributed by atoms with Gasteiger partial charge in [0.15, 0.2) is 6.10 Å². The van der Waals surface area contributed by atoms with E-state index in [2.05, 4.69) is 5.32 Å². The number of carbonyl (C=O) groups is 2. The molecule has 1 atom stereocenters. The summed E-state index contributed by atoms with van der Waals surface area (Å²) >= 11 is 0. The molecule has 0 saturated carbocycles. The number of carbonyl (C=O) groups excluding carboxylic acids is 2. The molecule has 0 aliphatic carbocycles. The van der Waals surface area contributed by atoms with Crippen LogP contribution in [0.4, 0.5) is 5.69 Å². The summed E-state index contributed by atoms with van der Waals surface area (Å²) < 4.78 is 5.60. The van der Waals surface area contributed by atoms with Gasteiger partial charge >= 0.3 is 0 Å². The van der Waals surface area contributed by atoms with E-state index in [1.54, 1.807) is 48.2 Å². The Morgan fingerprint density at radius 2 is 1.60 bits per heavy atom. The van der Waals surface area contributed by atoms with Crippen molar-refractivity contribution in [2.24, 2.45) is 0 Å². The van der Waals surface area contributed by atoms with Gasteiger partial charge in [-0.2, -0.15) is 0 Å². The normalized spacial score (nSPS) is 11.5. The van der Waals surface area contributed by atoms with E-state index in [1.807, 2.05) is 32.0 Å². The Hall–Kier alpha value is -2.82. The van der Waals surface area contributed by atoms with Gasteiger partial charge in [0, 0.05) is 24.3 Å². The molecule has 2 aromatic carbocycles. The summed E-state index contributed by atoms with van der Waals surface area (Å²) in [5.41, 5.74) is 1.24. The molecule has 1 unspecified atom stereocenters. The molecule has 1 N–H and O–H groups in total. The SMILES string of the molecule is CCN(CC)C(=O)c1ccc(NC(=O)C(C)Oc2ccccc2)cc1. The minimum Gasteiger partial charge on any atom is -0.481 e. The summed E-state index contributed by atoms with van der Waals surface area (Å²) in [5.74, 6) is 0.389. The molecule has 0 aliphatic heterocycles. The largest absolute Gasteiger partial charge is 0.481 e. The lowest BCUT2D eigenvalue weighted by Gasteiger charge is -2.19. The second kappa shape index (κ2) is 8.87. The first-order valence-corrected chi connectivity index (χ1v) is 8.47. The Balaban J connectivity index is 1.96. The predicted octanol–water partition coefficient (Wildman–Crippen LogP) is 3.57. The Morgan fingerprint density at radius 3 is 2.16 bits per heavy atom. The van der Waals surface area contributed by atoms with Gasteiger partial charge in [-0.25, -0.2) is 0 Å². The van der Waals surface area contributed by atoms with Crippen molar-refractivity contribution in [2.75, 3.05) is 18.4 Å². The van der Waals surface area contributed by atoms with Crippen LogP contribution in [0.15, 0.2) is 54.6 Å². The quantitative estimate of drug-likeness (QED) is 0.838. The minimum atomic E-state index is -0.626. The van der Waals surface area contributed by atoms with Crippen LogP contribution < -0.4 is 10.1 Å². The van der Waals surface area contributed by atoms with Crippen molar-refractivity contribution in [2.45, 2.75) is 26.9 Å². The van der Waals surface area contributed by atoms with Gasteiger partial charge in [0.2, 0.25) is 0 Å². The number of benzene rings is 2. The highest BCUT2D eigenvalue weighted by Gasteiger charge is 2.16. The van der Waals surface area contributed by atoms with Gasteiger partial charge in [0.1, 0.15) is 5.75 Å². The zero-order valence-electron chi connectivity index (χ0n) is 14.9. The van der Waals surface area contributed by atoms with Gasteiger partial charge < -0.3 is 15.0 Å². The molecule has 0 fully saturated rings. The van der Waals surface area contributed by atoms with E-state index in [0.717, 1.165) is 0 Å². The predicted molar refractivity (Wildman–Crippen MR) is 98.9 cm³/mol.